The van der Waals surface area contributed by atoms with Crippen molar-refractivity contribution in [2.75, 3.05) is 5.32 Å². The molecule has 0 fully saturated rings. The van der Waals surface area contributed by atoms with Gasteiger partial charge in [0.1, 0.15) is 5.82 Å². The molecular weight excluding hydrogens is 385 g/mol. The number of hydrazone groups is 1. The van der Waals surface area contributed by atoms with Crippen LogP contribution in [0.1, 0.15) is 34.6 Å². The van der Waals surface area contributed by atoms with E-state index in [9.17, 15) is 14.0 Å². The molecule has 3 aromatic carbocycles. The van der Waals surface area contributed by atoms with Crippen LogP contribution in [0, 0.1) is 5.82 Å². The first kappa shape index (κ1) is 19.3. The number of ether oxygens (including phenoxy) is 1. The molecule has 1 heterocycles. The molecular formula is C23H18FN3O3. The fourth-order valence-corrected chi connectivity index (χ4v) is 3.06. The van der Waals surface area contributed by atoms with Crippen molar-refractivity contribution in [2.24, 2.45) is 5.10 Å². The number of benzene rings is 3. The topological polar surface area (TPSA) is 71.0 Å². The smallest absolute Gasteiger partial charge is 0.255 e. The molecule has 3 aromatic rings. The quantitative estimate of drug-likeness (QED) is 0.705. The molecule has 0 unspecified atom stereocenters. The number of halogens is 1. The molecule has 0 radical (unpaired) electrons. The van der Waals surface area contributed by atoms with E-state index in [0.29, 0.717) is 22.4 Å². The van der Waals surface area contributed by atoms with Crippen molar-refractivity contribution in [2.45, 2.75) is 13.2 Å². The van der Waals surface area contributed by atoms with Crippen LogP contribution in [0.25, 0.3) is 0 Å². The van der Waals surface area contributed by atoms with Gasteiger partial charge in [0.2, 0.25) is 18.0 Å². The summed E-state index contributed by atoms with van der Waals surface area (Å²) in [5, 5.41) is 8.31. The third-order valence-electron chi connectivity index (χ3n) is 4.52. The third-order valence-corrected chi connectivity index (χ3v) is 4.52. The van der Waals surface area contributed by atoms with Crippen molar-refractivity contribution >= 4 is 23.4 Å². The summed E-state index contributed by atoms with van der Waals surface area (Å²) < 4.78 is 19.1. The Morgan fingerprint density at radius 2 is 1.73 bits per heavy atom. The average molecular weight is 403 g/mol. The first-order valence-corrected chi connectivity index (χ1v) is 9.28. The minimum Gasteiger partial charge on any atom is -0.446 e. The number of carbonyl (C=O) groups excluding carboxylic acids is 2. The second-order valence-corrected chi connectivity index (χ2v) is 6.69. The number of rotatable bonds is 4. The Hall–Kier alpha value is -4.00. The van der Waals surface area contributed by atoms with Gasteiger partial charge in [-0.25, -0.2) is 4.39 Å². The number of nitrogens with zero attached hydrogens (tertiary/aromatic N) is 2. The highest BCUT2D eigenvalue weighted by molar-refractivity contribution is 6.04. The highest BCUT2D eigenvalue weighted by Gasteiger charge is 2.33. The highest BCUT2D eigenvalue weighted by atomic mass is 19.1. The van der Waals surface area contributed by atoms with Crippen LogP contribution in [0.3, 0.4) is 0 Å². The summed E-state index contributed by atoms with van der Waals surface area (Å²) in [6.45, 7) is 1.38. The van der Waals surface area contributed by atoms with Crippen molar-refractivity contribution in [1.82, 2.24) is 5.01 Å². The van der Waals surface area contributed by atoms with Crippen LogP contribution in [0.2, 0.25) is 0 Å². The molecule has 0 saturated heterocycles. The minimum atomic E-state index is -0.795. The average Bonchev–Trinajstić information content (AvgIpc) is 3.21. The van der Waals surface area contributed by atoms with E-state index in [4.69, 9.17) is 4.74 Å². The van der Waals surface area contributed by atoms with E-state index in [2.05, 4.69) is 10.4 Å². The standard InChI is InChI=1S/C23H18FN3O3/c1-15(28)27-23(30-22(26-27)17-10-12-19(24)13-11-17)18-8-5-9-20(14-18)25-21(29)16-6-3-2-4-7-16/h2-14,23H,1H3,(H,25,29)/t23-/m0/s1. The van der Waals surface area contributed by atoms with E-state index in [1.54, 1.807) is 48.5 Å². The van der Waals surface area contributed by atoms with E-state index >= 15 is 0 Å². The van der Waals surface area contributed by atoms with Crippen LogP contribution in [0.4, 0.5) is 10.1 Å². The Morgan fingerprint density at radius 1 is 1.00 bits per heavy atom. The molecule has 1 aliphatic heterocycles. The molecule has 0 spiro atoms. The lowest BCUT2D eigenvalue weighted by Gasteiger charge is -2.20. The van der Waals surface area contributed by atoms with Gasteiger partial charge in [-0.15, -0.1) is 5.10 Å². The molecule has 30 heavy (non-hydrogen) atoms. The Morgan fingerprint density at radius 3 is 2.43 bits per heavy atom. The molecule has 0 aromatic heterocycles. The lowest BCUT2D eigenvalue weighted by molar-refractivity contribution is -0.135. The maximum absolute atomic E-state index is 13.2. The zero-order valence-electron chi connectivity index (χ0n) is 16.1. The predicted octanol–water partition coefficient (Wildman–Crippen LogP) is 4.32. The van der Waals surface area contributed by atoms with Gasteiger partial charge in [0, 0.05) is 29.3 Å². The number of hydrogen-bond donors (Lipinski definition) is 1. The number of nitrogens with one attached hydrogen (secondary N) is 1. The molecule has 0 aliphatic carbocycles. The molecule has 1 atom stereocenters. The number of carbonyl (C=O) groups is 2. The van der Waals surface area contributed by atoms with Gasteiger partial charge in [0.25, 0.3) is 5.91 Å². The van der Waals surface area contributed by atoms with Crippen LogP contribution >= 0.6 is 0 Å². The maximum Gasteiger partial charge on any atom is 0.255 e. The monoisotopic (exact) mass is 403 g/mol. The molecule has 0 saturated carbocycles. The van der Waals surface area contributed by atoms with Gasteiger partial charge >= 0.3 is 0 Å². The van der Waals surface area contributed by atoms with Gasteiger partial charge in [0.05, 0.1) is 0 Å². The van der Waals surface area contributed by atoms with Crippen LogP contribution in [0.5, 0.6) is 0 Å². The van der Waals surface area contributed by atoms with E-state index in [1.807, 2.05) is 6.07 Å². The van der Waals surface area contributed by atoms with Crippen molar-refractivity contribution in [3.8, 4) is 0 Å². The summed E-state index contributed by atoms with van der Waals surface area (Å²) in [4.78, 5) is 24.5. The first-order valence-electron chi connectivity index (χ1n) is 9.28. The third kappa shape index (κ3) is 4.05. The first-order chi connectivity index (χ1) is 14.5. The normalized spacial score (nSPS) is 15.3. The summed E-state index contributed by atoms with van der Waals surface area (Å²) in [5.41, 5.74) is 2.28. The number of amides is 2. The van der Waals surface area contributed by atoms with Gasteiger partial charge in [-0.3, -0.25) is 9.59 Å². The summed E-state index contributed by atoms with van der Waals surface area (Å²) in [6.07, 6.45) is -0.795. The lowest BCUT2D eigenvalue weighted by Crippen LogP contribution is -2.25. The zero-order chi connectivity index (χ0) is 21.1. The lowest BCUT2D eigenvalue weighted by atomic mass is 10.1. The van der Waals surface area contributed by atoms with Crippen LogP contribution in [0.15, 0.2) is 84.0 Å². The SMILES string of the molecule is CC(=O)N1N=C(c2ccc(F)cc2)O[C@H]1c1cccc(NC(=O)c2ccccc2)c1. The van der Waals surface area contributed by atoms with Crippen LogP contribution < -0.4 is 5.32 Å². The predicted molar refractivity (Wildman–Crippen MR) is 110 cm³/mol. The Labute approximate surface area is 172 Å². The molecule has 7 heteroatoms. The summed E-state index contributed by atoms with van der Waals surface area (Å²) in [5.74, 6) is -0.712. The molecule has 0 bridgehead atoms. The fraction of sp³-hybridized carbons (Fsp3) is 0.0870. The maximum atomic E-state index is 13.2. The van der Waals surface area contributed by atoms with Crippen molar-refractivity contribution < 1.29 is 18.7 Å². The number of anilines is 1. The molecule has 2 amide bonds. The molecule has 1 aliphatic rings. The van der Waals surface area contributed by atoms with Crippen molar-refractivity contribution in [3.05, 3.63) is 101 Å². The highest BCUT2D eigenvalue weighted by Crippen LogP contribution is 2.31. The van der Waals surface area contributed by atoms with Gasteiger partial charge in [-0.2, -0.15) is 5.01 Å². The van der Waals surface area contributed by atoms with Gasteiger partial charge < -0.3 is 10.1 Å². The molecule has 6 nitrogen and oxygen atoms in total. The van der Waals surface area contributed by atoms with E-state index in [-0.39, 0.29) is 23.5 Å². The minimum absolute atomic E-state index is 0.217. The summed E-state index contributed by atoms with van der Waals surface area (Å²) in [7, 11) is 0. The Balaban J connectivity index is 1.57. The fourth-order valence-electron chi connectivity index (χ4n) is 3.06. The van der Waals surface area contributed by atoms with E-state index < -0.39 is 6.23 Å². The molecule has 1 N–H and O–H groups in total. The second kappa shape index (κ2) is 8.16. The van der Waals surface area contributed by atoms with Crippen molar-refractivity contribution in [3.63, 3.8) is 0 Å². The largest absolute Gasteiger partial charge is 0.446 e. The second-order valence-electron chi connectivity index (χ2n) is 6.69. The number of hydrogen-bond acceptors (Lipinski definition) is 4. The Kier molecular flexibility index (Phi) is 5.26. The summed E-state index contributed by atoms with van der Waals surface area (Å²) >= 11 is 0. The van der Waals surface area contributed by atoms with Gasteiger partial charge in [-0.1, -0.05) is 30.3 Å². The van der Waals surface area contributed by atoms with Gasteiger partial charge in [0.15, 0.2) is 0 Å². The van der Waals surface area contributed by atoms with Crippen molar-refractivity contribution in [1.29, 1.82) is 0 Å². The summed E-state index contributed by atoms with van der Waals surface area (Å²) in [6, 6.07) is 21.5. The van der Waals surface area contributed by atoms with Crippen LogP contribution in [-0.2, 0) is 9.53 Å². The zero-order valence-corrected chi connectivity index (χ0v) is 16.1. The Bertz CT molecular complexity index is 1110. The molecule has 4 rings (SSSR count). The van der Waals surface area contributed by atoms with Gasteiger partial charge in [-0.05, 0) is 48.5 Å². The molecule has 150 valence electrons. The van der Waals surface area contributed by atoms with Crippen LogP contribution in [-0.4, -0.2) is 22.7 Å². The van der Waals surface area contributed by atoms with E-state index in [0.717, 1.165) is 0 Å². The van der Waals surface area contributed by atoms with E-state index in [1.165, 1.54) is 36.2 Å².